The van der Waals surface area contributed by atoms with Crippen molar-refractivity contribution in [3.8, 4) is 6.07 Å². The molecule has 0 saturated heterocycles. The molecule has 2 aromatic rings. The van der Waals surface area contributed by atoms with Crippen molar-refractivity contribution < 1.29 is 9.90 Å². The molecule has 1 aromatic carbocycles. The molecule has 6 nitrogen and oxygen atoms in total. The van der Waals surface area contributed by atoms with Gasteiger partial charge < -0.3 is 10.1 Å². The molecule has 118 valence electrons. The van der Waals surface area contributed by atoms with Crippen molar-refractivity contribution in [1.29, 1.82) is 5.26 Å². The fourth-order valence-electron chi connectivity index (χ4n) is 1.99. The van der Waals surface area contributed by atoms with Gasteiger partial charge in [-0.2, -0.15) is 5.26 Å². The Hall–Kier alpha value is -2.59. The van der Waals surface area contributed by atoms with Gasteiger partial charge in [-0.3, -0.25) is 4.79 Å². The molecular weight excluding hydrogens is 314 g/mol. The van der Waals surface area contributed by atoms with Gasteiger partial charge in [-0.05, 0) is 24.1 Å². The number of nitrogens with one attached hydrogen (secondary N) is 1. The minimum absolute atomic E-state index is 0.0713. The maximum atomic E-state index is 11.9. The van der Waals surface area contributed by atoms with E-state index in [-0.39, 0.29) is 11.1 Å². The number of hydrogen-bond donors (Lipinski definition) is 2. The molecule has 0 bridgehead atoms. The van der Waals surface area contributed by atoms with Gasteiger partial charge in [-0.25, -0.2) is 9.78 Å². The zero-order valence-electron chi connectivity index (χ0n) is 12.5. The standard InChI is InChI=1S/C16H15N3O3S/c1-2-3-13-12(8-17)14(20)19-16(18-13)23-9-10-4-6-11(7-5-10)15(21)22/h4-7H,2-3,9H2,1H3,(H,21,22)(H,18,19,20). The Labute approximate surface area is 137 Å². The minimum Gasteiger partial charge on any atom is -0.478 e. The fraction of sp³-hybridized carbons (Fsp3) is 0.250. The lowest BCUT2D eigenvalue weighted by atomic mass is 10.1. The van der Waals surface area contributed by atoms with Gasteiger partial charge in [0.15, 0.2) is 5.16 Å². The first-order chi connectivity index (χ1) is 11.0. The van der Waals surface area contributed by atoms with Crippen LogP contribution in [0.3, 0.4) is 0 Å². The molecule has 1 heterocycles. The molecular formula is C16H15N3O3S. The van der Waals surface area contributed by atoms with Crippen molar-refractivity contribution in [3.63, 3.8) is 0 Å². The van der Waals surface area contributed by atoms with Crippen LogP contribution in [-0.2, 0) is 12.2 Å². The smallest absolute Gasteiger partial charge is 0.335 e. The Kier molecular flexibility index (Phi) is 5.55. The van der Waals surface area contributed by atoms with Crippen LogP contribution in [0.5, 0.6) is 0 Å². The predicted molar refractivity (Wildman–Crippen MR) is 86.5 cm³/mol. The number of aromatic amines is 1. The fourth-order valence-corrected chi connectivity index (χ4v) is 2.83. The number of carboxylic acids is 1. The van der Waals surface area contributed by atoms with E-state index < -0.39 is 11.5 Å². The van der Waals surface area contributed by atoms with Crippen LogP contribution in [0.4, 0.5) is 0 Å². The minimum atomic E-state index is -0.966. The molecule has 2 rings (SSSR count). The number of carboxylic acid groups (broad SMARTS) is 1. The molecule has 2 N–H and O–H groups in total. The molecule has 0 saturated carbocycles. The second-order valence-electron chi connectivity index (χ2n) is 4.85. The second kappa shape index (κ2) is 7.61. The Bertz CT molecular complexity index is 807. The highest BCUT2D eigenvalue weighted by Crippen LogP contribution is 2.19. The van der Waals surface area contributed by atoms with E-state index in [0.717, 1.165) is 12.0 Å². The van der Waals surface area contributed by atoms with Gasteiger partial charge in [0.25, 0.3) is 5.56 Å². The summed E-state index contributed by atoms with van der Waals surface area (Å²) in [6.45, 7) is 1.96. The number of aryl methyl sites for hydroxylation is 1. The van der Waals surface area contributed by atoms with E-state index in [1.54, 1.807) is 12.1 Å². The molecule has 0 aliphatic heterocycles. The number of aromatic nitrogens is 2. The molecule has 0 fully saturated rings. The number of hydrogen-bond acceptors (Lipinski definition) is 5. The third kappa shape index (κ3) is 4.20. The molecule has 0 aliphatic carbocycles. The average Bonchev–Trinajstić information content (AvgIpc) is 2.53. The van der Waals surface area contributed by atoms with Crippen molar-refractivity contribution >= 4 is 17.7 Å². The molecule has 0 spiro atoms. The molecule has 0 atom stereocenters. The van der Waals surface area contributed by atoms with Crippen molar-refractivity contribution in [2.24, 2.45) is 0 Å². The van der Waals surface area contributed by atoms with E-state index in [1.165, 1.54) is 23.9 Å². The van der Waals surface area contributed by atoms with Crippen LogP contribution in [0.25, 0.3) is 0 Å². The van der Waals surface area contributed by atoms with Gasteiger partial charge in [0, 0.05) is 5.75 Å². The van der Waals surface area contributed by atoms with Gasteiger partial charge in [-0.1, -0.05) is 37.2 Å². The first-order valence-corrected chi connectivity index (χ1v) is 8.02. The average molecular weight is 329 g/mol. The molecule has 0 aliphatic rings. The van der Waals surface area contributed by atoms with Crippen LogP contribution in [0.15, 0.2) is 34.2 Å². The molecule has 7 heteroatoms. The quantitative estimate of drug-likeness (QED) is 0.623. The van der Waals surface area contributed by atoms with Crippen molar-refractivity contribution in [2.75, 3.05) is 0 Å². The summed E-state index contributed by atoms with van der Waals surface area (Å²) in [5.41, 5.74) is 1.32. The first-order valence-electron chi connectivity index (χ1n) is 7.03. The Morgan fingerprint density at radius 2 is 2.09 bits per heavy atom. The van der Waals surface area contributed by atoms with Crippen LogP contribution in [0, 0.1) is 11.3 Å². The summed E-state index contributed by atoms with van der Waals surface area (Å²) in [5, 5.41) is 18.4. The zero-order valence-corrected chi connectivity index (χ0v) is 13.3. The number of thioether (sulfide) groups is 1. The molecule has 23 heavy (non-hydrogen) atoms. The van der Waals surface area contributed by atoms with Crippen LogP contribution < -0.4 is 5.56 Å². The number of rotatable bonds is 6. The summed E-state index contributed by atoms with van der Waals surface area (Å²) in [6, 6.07) is 8.42. The van der Waals surface area contributed by atoms with Crippen molar-refractivity contribution in [2.45, 2.75) is 30.7 Å². The number of nitrogens with zero attached hydrogens (tertiary/aromatic N) is 2. The van der Waals surface area contributed by atoms with E-state index in [2.05, 4.69) is 9.97 Å². The highest BCUT2D eigenvalue weighted by molar-refractivity contribution is 7.98. The molecule has 0 unspecified atom stereocenters. The second-order valence-corrected chi connectivity index (χ2v) is 5.81. The largest absolute Gasteiger partial charge is 0.478 e. The van der Waals surface area contributed by atoms with Gasteiger partial charge in [-0.15, -0.1) is 0 Å². The summed E-state index contributed by atoms with van der Waals surface area (Å²) in [7, 11) is 0. The van der Waals surface area contributed by atoms with Gasteiger partial charge in [0.1, 0.15) is 11.6 Å². The summed E-state index contributed by atoms with van der Waals surface area (Å²) in [6.07, 6.45) is 1.37. The Morgan fingerprint density at radius 3 is 2.65 bits per heavy atom. The molecule has 0 radical (unpaired) electrons. The third-order valence-electron chi connectivity index (χ3n) is 3.15. The molecule has 0 amide bonds. The summed E-state index contributed by atoms with van der Waals surface area (Å²) >= 11 is 1.34. The number of aromatic carboxylic acids is 1. The summed E-state index contributed by atoms with van der Waals surface area (Å²) < 4.78 is 0. The van der Waals surface area contributed by atoms with E-state index >= 15 is 0 Å². The van der Waals surface area contributed by atoms with Crippen molar-refractivity contribution in [3.05, 3.63) is 57.0 Å². The van der Waals surface area contributed by atoms with E-state index in [4.69, 9.17) is 10.4 Å². The normalized spacial score (nSPS) is 10.3. The zero-order chi connectivity index (χ0) is 16.8. The van der Waals surface area contributed by atoms with Crippen LogP contribution >= 0.6 is 11.8 Å². The lowest BCUT2D eigenvalue weighted by molar-refractivity contribution is 0.0697. The highest BCUT2D eigenvalue weighted by atomic mass is 32.2. The Balaban J connectivity index is 2.16. The number of carbonyl (C=O) groups is 1. The monoisotopic (exact) mass is 329 g/mol. The third-order valence-corrected chi connectivity index (χ3v) is 4.09. The SMILES string of the molecule is CCCc1nc(SCc2ccc(C(=O)O)cc2)[nH]c(=O)c1C#N. The van der Waals surface area contributed by atoms with Crippen LogP contribution in [0.2, 0.25) is 0 Å². The first kappa shape index (κ1) is 16.8. The Morgan fingerprint density at radius 1 is 1.39 bits per heavy atom. The predicted octanol–water partition coefficient (Wildman–Crippen LogP) is 2.58. The van der Waals surface area contributed by atoms with Crippen LogP contribution in [-0.4, -0.2) is 21.0 Å². The van der Waals surface area contributed by atoms with E-state index in [1.807, 2.05) is 13.0 Å². The number of nitriles is 1. The van der Waals surface area contributed by atoms with Gasteiger partial charge in [0.05, 0.1) is 11.3 Å². The van der Waals surface area contributed by atoms with Gasteiger partial charge in [0.2, 0.25) is 0 Å². The van der Waals surface area contributed by atoms with Crippen molar-refractivity contribution in [1.82, 2.24) is 9.97 Å². The van der Waals surface area contributed by atoms with E-state index in [9.17, 15) is 9.59 Å². The molecule has 1 aromatic heterocycles. The highest BCUT2D eigenvalue weighted by Gasteiger charge is 2.11. The number of benzene rings is 1. The topological polar surface area (TPSA) is 107 Å². The maximum absolute atomic E-state index is 11.9. The lowest BCUT2D eigenvalue weighted by Crippen LogP contribution is -2.16. The maximum Gasteiger partial charge on any atom is 0.335 e. The summed E-state index contributed by atoms with van der Waals surface area (Å²) in [5.74, 6) is -0.424. The summed E-state index contributed by atoms with van der Waals surface area (Å²) in [4.78, 5) is 29.7. The van der Waals surface area contributed by atoms with Crippen LogP contribution in [0.1, 0.15) is 40.5 Å². The number of H-pyrrole nitrogens is 1. The van der Waals surface area contributed by atoms with Gasteiger partial charge >= 0.3 is 5.97 Å². The van der Waals surface area contributed by atoms with E-state index in [0.29, 0.717) is 23.0 Å². The lowest BCUT2D eigenvalue weighted by Gasteiger charge is -2.05.